The summed E-state index contributed by atoms with van der Waals surface area (Å²) in [6.45, 7) is 1.76. The molecule has 1 saturated heterocycles. The van der Waals surface area contributed by atoms with E-state index in [1.54, 1.807) is 6.20 Å². The number of Topliss-reactive ketones (excluding diaryl/α,β-unsaturated/α-hetero) is 1. The molecule has 1 aromatic carbocycles. The lowest BCUT2D eigenvalue weighted by Gasteiger charge is -2.21. The minimum atomic E-state index is 0.0909. The minimum Gasteiger partial charge on any atom is -0.316 e. The van der Waals surface area contributed by atoms with Gasteiger partial charge in [0.1, 0.15) is 5.78 Å². The predicted molar refractivity (Wildman–Crippen MR) is 83.7 cm³/mol. The largest absolute Gasteiger partial charge is 0.316 e. The molecular weight excluding hydrogens is 260 g/mol. The molecule has 1 radical (unpaired) electrons. The molecule has 0 saturated carbocycles. The van der Waals surface area contributed by atoms with Gasteiger partial charge in [0.05, 0.1) is 0 Å². The normalized spacial score (nSPS) is 15.8. The van der Waals surface area contributed by atoms with Gasteiger partial charge in [-0.1, -0.05) is 30.3 Å². The molecule has 1 fully saturated rings. The van der Waals surface area contributed by atoms with Gasteiger partial charge in [-0.2, -0.15) is 0 Å². The highest BCUT2D eigenvalue weighted by molar-refractivity contribution is 5.86. The van der Waals surface area contributed by atoms with Crippen molar-refractivity contribution >= 4 is 5.78 Å². The molecule has 1 N–H and O–H groups in total. The predicted octanol–water partition coefficient (Wildman–Crippen LogP) is 2.67. The van der Waals surface area contributed by atoms with Crippen LogP contribution >= 0.6 is 0 Å². The molecule has 2 aromatic rings. The SMILES string of the molecule is O=C(Cc1ccccc1-c1cccnc1)C1[CH]CNCC1. The molecule has 1 aliphatic heterocycles. The molecule has 1 atom stereocenters. The Balaban J connectivity index is 1.81. The van der Waals surface area contributed by atoms with Crippen molar-refractivity contribution in [2.24, 2.45) is 5.92 Å². The third-order valence-electron chi connectivity index (χ3n) is 3.95. The van der Waals surface area contributed by atoms with E-state index in [1.165, 1.54) is 0 Å². The number of rotatable bonds is 4. The Morgan fingerprint density at radius 2 is 2.14 bits per heavy atom. The molecule has 21 heavy (non-hydrogen) atoms. The Hall–Kier alpha value is -2.00. The lowest BCUT2D eigenvalue weighted by molar-refractivity contribution is -0.121. The monoisotopic (exact) mass is 279 g/mol. The summed E-state index contributed by atoms with van der Waals surface area (Å²) in [5.41, 5.74) is 3.26. The van der Waals surface area contributed by atoms with Crippen LogP contribution in [0.25, 0.3) is 11.1 Å². The van der Waals surface area contributed by atoms with Crippen molar-refractivity contribution in [2.45, 2.75) is 12.8 Å². The fraction of sp³-hybridized carbons (Fsp3) is 0.278. The summed E-state index contributed by atoms with van der Waals surface area (Å²) >= 11 is 0. The maximum Gasteiger partial charge on any atom is 0.140 e. The molecule has 0 bridgehead atoms. The maximum atomic E-state index is 12.5. The van der Waals surface area contributed by atoms with Gasteiger partial charge in [0.25, 0.3) is 0 Å². The topological polar surface area (TPSA) is 42.0 Å². The number of ketones is 1. The van der Waals surface area contributed by atoms with Crippen molar-refractivity contribution in [1.82, 2.24) is 10.3 Å². The van der Waals surface area contributed by atoms with E-state index < -0.39 is 0 Å². The molecule has 107 valence electrons. The first-order valence-corrected chi connectivity index (χ1v) is 7.39. The van der Waals surface area contributed by atoms with E-state index in [-0.39, 0.29) is 5.92 Å². The number of nitrogens with zero attached hydrogens (tertiary/aromatic N) is 1. The summed E-state index contributed by atoms with van der Waals surface area (Å²) in [4.78, 5) is 16.6. The van der Waals surface area contributed by atoms with E-state index in [2.05, 4.69) is 22.8 Å². The number of nitrogens with one attached hydrogen (secondary N) is 1. The van der Waals surface area contributed by atoms with Crippen LogP contribution in [-0.2, 0) is 11.2 Å². The van der Waals surface area contributed by atoms with Crippen LogP contribution in [0.3, 0.4) is 0 Å². The second-order valence-electron chi connectivity index (χ2n) is 5.38. The van der Waals surface area contributed by atoms with Crippen LogP contribution in [0.1, 0.15) is 12.0 Å². The lowest BCUT2D eigenvalue weighted by Crippen LogP contribution is -2.33. The molecule has 3 rings (SSSR count). The molecular formula is C18H19N2O. The van der Waals surface area contributed by atoms with E-state index in [0.717, 1.165) is 36.2 Å². The van der Waals surface area contributed by atoms with Crippen LogP contribution in [0.15, 0.2) is 48.8 Å². The number of carbonyl (C=O) groups excluding carboxylic acids is 1. The van der Waals surface area contributed by atoms with Crippen LogP contribution in [0.5, 0.6) is 0 Å². The van der Waals surface area contributed by atoms with Crippen molar-refractivity contribution in [3.8, 4) is 11.1 Å². The van der Waals surface area contributed by atoms with Gasteiger partial charge in [-0.3, -0.25) is 9.78 Å². The Labute approximate surface area is 125 Å². The van der Waals surface area contributed by atoms with E-state index in [0.29, 0.717) is 12.2 Å². The van der Waals surface area contributed by atoms with Gasteiger partial charge in [-0.25, -0.2) is 0 Å². The van der Waals surface area contributed by atoms with Gasteiger partial charge in [-0.15, -0.1) is 0 Å². The summed E-state index contributed by atoms with van der Waals surface area (Å²) in [5.74, 6) is 0.404. The standard InChI is InChI=1S/C18H19N2O/c21-18(14-7-10-19-11-8-14)12-15-4-1-2-6-17(15)16-5-3-9-20-13-16/h1-7,9,13-14,19H,8,10-12H2. The number of aromatic nitrogens is 1. The highest BCUT2D eigenvalue weighted by Crippen LogP contribution is 2.25. The third-order valence-corrected chi connectivity index (χ3v) is 3.95. The number of hydrogen-bond acceptors (Lipinski definition) is 3. The van der Waals surface area contributed by atoms with Crippen LogP contribution in [0.2, 0.25) is 0 Å². The summed E-state index contributed by atoms with van der Waals surface area (Å²) in [5, 5.41) is 3.25. The molecule has 1 aromatic heterocycles. The van der Waals surface area contributed by atoms with Gasteiger partial charge in [0, 0.05) is 30.3 Å². The summed E-state index contributed by atoms with van der Waals surface area (Å²) in [6.07, 6.45) is 7.11. The van der Waals surface area contributed by atoms with Gasteiger partial charge in [0.15, 0.2) is 0 Å². The fourth-order valence-corrected chi connectivity index (χ4v) is 2.79. The van der Waals surface area contributed by atoms with E-state index >= 15 is 0 Å². The zero-order valence-corrected chi connectivity index (χ0v) is 12.0. The highest BCUT2D eigenvalue weighted by atomic mass is 16.1. The first kappa shape index (κ1) is 14.0. The van der Waals surface area contributed by atoms with Gasteiger partial charge in [0.2, 0.25) is 0 Å². The van der Waals surface area contributed by atoms with E-state index in [4.69, 9.17) is 0 Å². The molecule has 0 amide bonds. The number of carbonyl (C=O) groups is 1. The van der Waals surface area contributed by atoms with Crippen molar-refractivity contribution in [3.63, 3.8) is 0 Å². The van der Waals surface area contributed by atoms with Gasteiger partial charge >= 0.3 is 0 Å². The van der Waals surface area contributed by atoms with Crippen LogP contribution in [0, 0.1) is 12.3 Å². The zero-order chi connectivity index (χ0) is 14.5. The van der Waals surface area contributed by atoms with Crippen LogP contribution in [0.4, 0.5) is 0 Å². The van der Waals surface area contributed by atoms with Crippen molar-refractivity contribution in [1.29, 1.82) is 0 Å². The average molecular weight is 279 g/mol. The molecule has 2 heterocycles. The lowest BCUT2D eigenvalue weighted by atomic mass is 9.88. The van der Waals surface area contributed by atoms with Crippen LogP contribution < -0.4 is 5.32 Å². The summed E-state index contributed by atoms with van der Waals surface area (Å²) < 4.78 is 0. The number of pyridine rings is 1. The smallest absolute Gasteiger partial charge is 0.140 e. The second-order valence-corrected chi connectivity index (χ2v) is 5.38. The van der Waals surface area contributed by atoms with Crippen molar-refractivity contribution < 1.29 is 4.79 Å². The number of piperidine rings is 1. The van der Waals surface area contributed by atoms with Crippen LogP contribution in [-0.4, -0.2) is 23.9 Å². The van der Waals surface area contributed by atoms with E-state index in [9.17, 15) is 4.79 Å². The molecule has 0 aliphatic carbocycles. The van der Waals surface area contributed by atoms with Gasteiger partial charge < -0.3 is 5.32 Å². The first-order valence-electron chi connectivity index (χ1n) is 7.39. The fourth-order valence-electron chi connectivity index (χ4n) is 2.79. The molecule has 0 spiro atoms. The first-order chi connectivity index (χ1) is 10.3. The van der Waals surface area contributed by atoms with E-state index in [1.807, 2.05) is 36.5 Å². The van der Waals surface area contributed by atoms with Gasteiger partial charge in [-0.05, 0) is 43.1 Å². The number of hydrogen-bond donors (Lipinski definition) is 1. The van der Waals surface area contributed by atoms with Crippen molar-refractivity contribution in [2.75, 3.05) is 13.1 Å². The second kappa shape index (κ2) is 6.64. The Bertz CT molecular complexity index is 604. The minimum absolute atomic E-state index is 0.0909. The van der Waals surface area contributed by atoms with Crippen molar-refractivity contribution in [3.05, 3.63) is 60.8 Å². The summed E-state index contributed by atoms with van der Waals surface area (Å²) in [7, 11) is 0. The average Bonchev–Trinajstić information content (AvgIpc) is 2.57. The quantitative estimate of drug-likeness (QED) is 0.935. The molecule has 1 unspecified atom stereocenters. The Kier molecular flexibility index (Phi) is 4.41. The third kappa shape index (κ3) is 3.37. The summed E-state index contributed by atoms with van der Waals surface area (Å²) in [6, 6.07) is 12.1. The zero-order valence-electron chi connectivity index (χ0n) is 12.0. The molecule has 1 aliphatic rings. The Morgan fingerprint density at radius 1 is 1.24 bits per heavy atom. The Morgan fingerprint density at radius 3 is 2.90 bits per heavy atom. The molecule has 3 heteroatoms. The highest BCUT2D eigenvalue weighted by Gasteiger charge is 2.22. The maximum absolute atomic E-state index is 12.5. The number of benzene rings is 1. The molecule has 3 nitrogen and oxygen atoms in total.